The minimum atomic E-state index is 0.175. The van der Waals surface area contributed by atoms with Crippen LogP contribution in [-0.4, -0.2) is 38.5 Å². The van der Waals surface area contributed by atoms with E-state index in [-0.39, 0.29) is 5.60 Å². The number of methoxy groups -OCH3 is 1. The van der Waals surface area contributed by atoms with Crippen LogP contribution in [0.3, 0.4) is 0 Å². The second-order valence-corrected chi connectivity index (χ2v) is 5.63. The van der Waals surface area contributed by atoms with Gasteiger partial charge in [-0.2, -0.15) is 0 Å². The zero-order valence-corrected chi connectivity index (χ0v) is 11.3. The zero-order chi connectivity index (χ0) is 12.1. The van der Waals surface area contributed by atoms with Gasteiger partial charge in [-0.3, -0.25) is 0 Å². The van der Waals surface area contributed by atoms with E-state index in [1.807, 2.05) is 7.11 Å². The van der Waals surface area contributed by atoms with E-state index in [1.165, 1.54) is 32.1 Å². The van der Waals surface area contributed by atoms with Crippen LogP contribution in [0.1, 0.15) is 45.4 Å². The molecule has 1 aliphatic carbocycles. The van der Waals surface area contributed by atoms with Gasteiger partial charge in [0, 0.05) is 19.8 Å². The van der Waals surface area contributed by atoms with E-state index in [4.69, 9.17) is 9.47 Å². The maximum Gasteiger partial charge on any atom is 0.0693 e. The quantitative estimate of drug-likeness (QED) is 0.742. The first kappa shape index (κ1) is 13.3. The summed E-state index contributed by atoms with van der Waals surface area (Å²) in [7, 11) is 1.88. The van der Waals surface area contributed by atoms with Gasteiger partial charge in [-0.05, 0) is 51.0 Å². The Hall–Kier alpha value is -0.120. The Morgan fingerprint density at radius 2 is 2.29 bits per heavy atom. The highest BCUT2D eigenvalue weighted by atomic mass is 16.5. The molecule has 0 aromatic carbocycles. The first-order valence-corrected chi connectivity index (χ1v) is 7.16. The van der Waals surface area contributed by atoms with Crippen LogP contribution in [0.25, 0.3) is 0 Å². The van der Waals surface area contributed by atoms with Gasteiger partial charge in [-0.25, -0.2) is 0 Å². The number of hydrogen-bond acceptors (Lipinski definition) is 3. The second-order valence-electron chi connectivity index (χ2n) is 5.63. The molecule has 0 amide bonds. The SMILES string of the molecule is CCCNC(CC1(OC)CCC1)C1CCOC1. The molecule has 1 saturated heterocycles. The van der Waals surface area contributed by atoms with Gasteiger partial charge in [0.2, 0.25) is 0 Å². The second kappa shape index (κ2) is 6.17. The fourth-order valence-electron chi connectivity index (χ4n) is 3.07. The van der Waals surface area contributed by atoms with E-state index < -0.39 is 0 Å². The molecule has 0 bridgehead atoms. The maximum atomic E-state index is 5.76. The van der Waals surface area contributed by atoms with Gasteiger partial charge in [-0.1, -0.05) is 6.92 Å². The van der Waals surface area contributed by atoms with Gasteiger partial charge in [0.1, 0.15) is 0 Å². The van der Waals surface area contributed by atoms with E-state index in [1.54, 1.807) is 0 Å². The molecule has 0 aromatic heterocycles. The van der Waals surface area contributed by atoms with Crippen molar-refractivity contribution in [2.75, 3.05) is 26.9 Å². The van der Waals surface area contributed by atoms with Crippen LogP contribution in [0, 0.1) is 5.92 Å². The van der Waals surface area contributed by atoms with Gasteiger partial charge < -0.3 is 14.8 Å². The Morgan fingerprint density at radius 3 is 2.76 bits per heavy atom. The molecule has 17 heavy (non-hydrogen) atoms. The molecule has 100 valence electrons. The Kier molecular flexibility index (Phi) is 4.83. The van der Waals surface area contributed by atoms with E-state index in [0.29, 0.717) is 12.0 Å². The lowest BCUT2D eigenvalue weighted by molar-refractivity contribution is -0.0870. The van der Waals surface area contributed by atoms with Crippen molar-refractivity contribution >= 4 is 0 Å². The van der Waals surface area contributed by atoms with Gasteiger partial charge in [0.25, 0.3) is 0 Å². The predicted octanol–water partition coefficient (Wildman–Crippen LogP) is 2.35. The summed E-state index contributed by atoms with van der Waals surface area (Å²) < 4.78 is 11.3. The highest BCUT2D eigenvalue weighted by Gasteiger charge is 2.41. The molecule has 1 heterocycles. The van der Waals surface area contributed by atoms with E-state index in [0.717, 1.165) is 26.2 Å². The largest absolute Gasteiger partial charge is 0.381 e. The molecule has 2 aliphatic rings. The summed E-state index contributed by atoms with van der Waals surface area (Å²) in [5.74, 6) is 0.689. The van der Waals surface area contributed by atoms with Crippen LogP contribution in [0.15, 0.2) is 0 Å². The van der Waals surface area contributed by atoms with Crippen LogP contribution in [-0.2, 0) is 9.47 Å². The first-order chi connectivity index (χ1) is 8.29. The van der Waals surface area contributed by atoms with E-state index in [2.05, 4.69) is 12.2 Å². The van der Waals surface area contributed by atoms with Crippen LogP contribution < -0.4 is 5.32 Å². The summed E-state index contributed by atoms with van der Waals surface area (Å²) in [6, 6.07) is 0.581. The molecule has 0 aromatic rings. The van der Waals surface area contributed by atoms with Crippen LogP contribution in [0.5, 0.6) is 0 Å². The van der Waals surface area contributed by atoms with Gasteiger partial charge in [-0.15, -0.1) is 0 Å². The molecule has 2 unspecified atom stereocenters. The van der Waals surface area contributed by atoms with Crippen LogP contribution >= 0.6 is 0 Å². The van der Waals surface area contributed by atoms with Crippen molar-refractivity contribution in [1.82, 2.24) is 5.32 Å². The molecule has 3 heteroatoms. The fourth-order valence-corrected chi connectivity index (χ4v) is 3.07. The van der Waals surface area contributed by atoms with Crippen LogP contribution in [0.2, 0.25) is 0 Å². The third-order valence-electron chi connectivity index (χ3n) is 4.48. The molecule has 2 rings (SSSR count). The van der Waals surface area contributed by atoms with Crippen molar-refractivity contribution in [3.63, 3.8) is 0 Å². The van der Waals surface area contributed by atoms with Crippen molar-refractivity contribution < 1.29 is 9.47 Å². The van der Waals surface area contributed by atoms with Crippen molar-refractivity contribution in [2.24, 2.45) is 5.92 Å². The Balaban J connectivity index is 1.89. The molecule has 1 aliphatic heterocycles. The monoisotopic (exact) mass is 241 g/mol. The molecule has 1 N–H and O–H groups in total. The fraction of sp³-hybridized carbons (Fsp3) is 1.00. The first-order valence-electron chi connectivity index (χ1n) is 7.16. The number of rotatable bonds is 7. The average Bonchev–Trinajstić information content (AvgIpc) is 2.81. The van der Waals surface area contributed by atoms with Gasteiger partial charge in [0.05, 0.1) is 12.2 Å². The summed E-state index contributed by atoms with van der Waals surface area (Å²) in [4.78, 5) is 0. The van der Waals surface area contributed by atoms with Crippen molar-refractivity contribution in [3.05, 3.63) is 0 Å². The summed E-state index contributed by atoms with van der Waals surface area (Å²) in [5, 5.41) is 3.71. The van der Waals surface area contributed by atoms with Gasteiger partial charge >= 0.3 is 0 Å². The van der Waals surface area contributed by atoms with Crippen molar-refractivity contribution in [3.8, 4) is 0 Å². The highest BCUT2D eigenvalue weighted by molar-refractivity contribution is 4.95. The summed E-state index contributed by atoms with van der Waals surface area (Å²) in [6.45, 7) is 5.21. The molecule has 1 saturated carbocycles. The summed E-state index contributed by atoms with van der Waals surface area (Å²) >= 11 is 0. The summed E-state index contributed by atoms with van der Waals surface area (Å²) in [5.41, 5.74) is 0.175. The Bertz CT molecular complexity index is 217. The van der Waals surface area contributed by atoms with Gasteiger partial charge in [0.15, 0.2) is 0 Å². The Labute approximate surface area is 105 Å². The standard InChI is InChI=1S/C14H27NO2/c1-3-8-15-13(12-5-9-17-11-12)10-14(16-2)6-4-7-14/h12-13,15H,3-11H2,1-2H3. The van der Waals surface area contributed by atoms with E-state index in [9.17, 15) is 0 Å². The number of hydrogen-bond donors (Lipinski definition) is 1. The van der Waals surface area contributed by atoms with E-state index >= 15 is 0 Å². The number of ether oxygens (including phenoxy) is 2. The third-order valence-corrected chi connectivity index (χ3v) is 4.48. The lowest BCUT2D eigenvalue weighted by Crippen LogP contribution is -2.48. The topological polar surface area (TPSA) is 30.5 Å². The maximum absolute atomic E-state index is 5.76. The smallest absolute Gasteiger partial charge is 0.0693 e. The molecule has 2 atom stereocenters. The number of nitrogens with one attached hydrogen (secondary N) is 1. The minimum absolute atomic E-state index is 0.175. The molecule has 0 spiro atoms. The predicted molar refractivity (Wildman–Crippen MR) is 69.2 cm³/mol. The molecular weight excluding hydrogens is 214 g/mol. The molecule has 3 nitrogen and oxygen atoms in total. The highest BCUT2D eigenvalue weighted by Crippen LogP contribution is 2.40. The molecule has 0 radical (unpaired) electrons. The van der Waals surface area contributed by atoms with Crippen LogP contribution in [0.4, 0.5) is 0 Å². The van der Waals surface area contributed by atoms with Crippen molar-refractivity contribution in [1.29, 1.82) is 0 Å². The summed E-state index contributed by atoms with van der Waals surface area (Å²) in [6.07, 6.45) is 7.38. The lowest BCUT2D eigenvalue weighted by Gasteiger charge is -2.44. The minimum Gasteiger partial charge on any atom is -0.381 e. The molecular formula is C14H27NO2. The average molecular weight is 241 g/mol. The normalized spacial score (nSPS) is 28.9. The molecule has 2 fully saturated rings. The third kappa shape index (κ3) is 3.21. The van der Waals surface area contributed by atoms with Crippen molar-refractivity contribution in [2.45, 2.75) is 57.1 Å². The lowest BCUT2D eigenvalue weighted by atomic mass is 9.73. The zero-order valence-electron chi connectivity index (χ0n) is 11.3. The Morgan fingerprint density at radius 1 is 1.47 bits per heavy atom.